The standard InChI is InChI=1S/2C8H16O.CH4/c2*1-7-5-3-4-6-8(7,2)9;/h2*7,9H,3-6H2,1-2H3;1H4. The van der Waals surface area contributed by atoms with Crippen molar-refractivity contribution in [2.45, 2.75) is 97.7 Å². The van der Waals surface area contributed by atoms with Crippen LogP contribution >= 0.6 is 0 Å². The lowest BCUT2D eigenvalue weighted by Crippen LogP contribution is -2.35. The van der Waals surface area contributed by atoms with Crippen molar-refractivity contribution in [2.75, 3.05) is 0 Å². The number of hydrogen-bond donors (Lipinski definition) is 2. The van der Waals surface area contributed by atoms with E-state index in [4.69, 9.17) is 0 Å². The van der Waals surface area contributed by atoms with Gasteiger partial charge in [-0.1, -0.05) is 47.0 Å². The van der Waals surface area contributed by atoms with Crippen LogP contribution in [0.3, 0.4) is 0 Å². The molecule has 0 spiro atoms. The minimum atomic E-state index is -0.363. The molecular weight excluding hydrogens is 236 g/mol. The summed E-state index contributed by atoms with van der Waals surface area (Å²) in [5, 5.41) is 19.3. The Kier molecular flexibility index (Phi) is 7.60. The third kappa shape index (κ3) is 5.83. The van der Waals surface area contributed by atoms with Crippen molar-refractivity contribution in [1.29, 1.82) is 0 Å². The highest BCUT2D eigenvalue weighted by atomic mass is 16.3. The molecule has 2 nitrogen and oxygen atoms in total. The van der Waals surface area contributed by atoms with Gasteiger partial charge in [-0.25, -0.2) is 0 Å². The highest BCUT2D eigenvalue weighted by molar-refractivity contribution is 4.83. The van der Waals surface area contributed by atoms with E-state index in [1.54, 1.807) is 0 Å². The first-order chi connectivity index (χ1) is 8.26. The van der Waals surface area contributed by atoms with Crippen molar-refractivity contribution in [3.63, 3.8) is 0 Å². The van der Waals surface area contributed by atoms with E-state index in [0.29, 0.717) is 11.8 Å². The fraction of sp³-hybridized carbons (Fsp3) is 1.00. The summed E-state index contributed by atoms with van der Waals surface area (Å²) in [5.41, 5.74) is -0.726. The summed E-state index contributed by atoms with van der Waals surface area (Å²) in [4.78, 5) is 0. The van der Waals surface area contributed by atoms with Gasteiger partial charge in [0.1, 0.15) is 0 Å². The van der Waals surface area contributed by atoms with E-state index in [1.165, 1.54) is 38.5 Å². The number of aliphatic hydroxyl groups is 2. The Morgan fingerprint density at radius 3 is 1.21 bits per heavy atom. The highest BCUT2D eigenvalue weighted by Crippen LogP contribution is 2.33. The Balaban J connectivity index is 0.000000324. The predicted octanol–water partition coefficient (Wildman–Crippen LogP) is 4.53. The summed E-state index contributed by atoms with van der Waals surface area (Å²) in [7, 11) is 0. The first kappa shape index (κ1) is 18.9. The Labute approximate surface area is 120 Å². The lowest BCUT2D eigenvalue weighted by atomic mass is 9.78. The van der Waals surface area contributed by atoms with Crippen LogP contribution in [0.1, 0.15) is 86.5 Å². The number of hydrogen-bond acceptors (Lipinski definition) is 2. The zero-order chi connectivity index (χ0) is 13.8. The van der Waals surface area contributed by atoms with E-state index in [0.717, 1.165) is 12.8 Å². The average molecular weight is 272 g/mol. The van der Waals surface area contributed by atoms with Gasteiger partial charge >= 0.3 is 0 Å². The van der Waals surface area contributed by atoms with Crippen molar-refractivity contribution in [3.8, 4) is 0 Å². The Hall–Kier alpha value is -0.0800. The molecule has 2 aliphatic rings. The second-order valence-corrected chi connectivity index (χ2v) is 7.01. The Bertz CT molecular complexity index is 220. The van der Waals surface area contributed by atoms with Gasteiger partial charge in [0.2, 0.25) is 0 Å². The molecule has 2 N–H and O–H groups in total. The van der Waals surface area contributed by atoms with Crippen LogP contribution in [0, 0.1) is 11.8 Å². The highest BCUT2D eigenvalue weighted by Gasteiger charge is 2.31. The molecule has 4 atom stereocenters. The van der Waals surface area contributed by atoms with Crippen molar-refractivity contribution < 1.29 is 10.2 Å². The van der Waals surface area contributed by atoms with Gasteiger partial charge in [0.05, 0.1) is 11.2 Å². The van der Waals surface area contributed by atoms with Crippen LogP contribution in [0.5, 0.6) is 0 Å². The van der Waals surface area contributed by atoms with Gasteiger partial charge in [-0.2, -0.15) is 0 Å². The average Bonchev–Trinajstić information content (AvgIpc) is 2.28. The summed E-state index contributed by atoms with van der Waals surface area (Å²) in [6, 6.07) is 0. The first-order valence-electron chi connectivity index (χ1n) is 7.70. The van der Waals surface area contributed by atoms with Crippen LogP contribution in [0.2, 0.25) is 0 Å². The van der Waals surface area contributed by atoms with Crippen molar-refractivity contribution >= 4 is 0 Å². The van der Waals surface area contributed by atoms with Gasteiger partial charge in [0.25, 0.3) is 0 Å². The van der Waals surface area contributed by atoms with Gasteiger partial charge in [-0.3, -0.25) is 0 Å². The molecule has 2 heteroatoms. The topological polar surface area (TPSA) is 40.5 Å². The molecule has 0 heterocycles. The zero-order valence-corrected chi connectivity index (χ0v) is 12.7. The summed E-state index contributed by atoms with van der Waals surface area (Å²) in [5.74, 6) is 1.01. The van der Waals surface area contributed by atoms with E-state index >= 15 is 0 Å². The minimum absolute atomic E-state index is 0. The van der Waals surface area contributed by atoms with Crippen LogP contribution in [-0.2, 0) is 0 Å². The molecule has 2 fully saturated rings. The van der Waals surface area contributed by atoms with Gasteiger partial charge in [0.15, 0.2) is 0 Å². The molecule has 2 rings (SSSR count). The quantitative estimate of drug-likeness (QED) is 0.680. The summed E-state index contributed by atoms with van der Waals surface area (Å²) < 4.78 is 0. The van der Waals surface area contributed by atoms with E-state index in [1.807, 2.05) is 13.8 Å². The summed E-state index contributed by atoms with van der Waals surface area (Å²) in [6.07, 6.45) is 9.41. The largest absolute Gasteiger partial charge is 0.390 e. The second kappa shape index (κ2) is 7.64. The maximum absolute atomic E-state index is 9.64. The molecule has 0 aliphatic heterocycles. The van der Waals surface area contributed by atoms with E-state index in [2.05, 4.69) is 13.8 Å². The van der Waals surface area contributed by atoms with Crippen LogP contribution in [0.15, 0.2) is 0 Å². The monoisotopic (exact) mass is 272 g/mol. The Morgan fingerprint density at radius 2 is 1.05 bits per heavy atom. The molecule has 0 saturated heterocycles. The normalized spacial score (nSPS) is 42.6. The van der Waals surface area contributed by atoms with E-state index in [9.17, 15) is 10.2 Å². The summed E-state index contributed by atoms with van der Waals surface area (Å²) >= 11 is 0. The lowest BCUT2D eigenvalue weighted by Gasteiger charge is -2.34. The van der Waals surface area contributed by atoms with Crippen LogP contribution in [0.4, 0.5) is 0 Å². The molecule has 0 aromatic rings. The first-order valence-corrected chi connectivity index (χ1v) is 7.70. The third-order valence-corrected chi connectivity index (χ3v) is 5.26. The SMILES string of the molecule is C.CC1CCCCC1(C)O.CC1CCCCC1(C)O. The van der Waals surface area contributed by atoms with Gasteiger partial charge in [-0.15, -0.1) is 0 Å². The molecule has 116 valence electrons. The molecule has 0 amide bonds. The molecule has 19 heavy (non-hydrogen) atoms. The summed E-state index contributed by atoms with van der Waals surface area (Å²) in [6.45, 7) is 8.19. The molecule has 0 radical (unpaired) electrons. The van der Waals surface area contributed by atoms with Crippen LogP contribution < -0.4 is 0 Å². The van der Waals surface area contributed by atoms with Crippen LogP contribution in [-0.4, -0.2) is 21.4 Å². The third-order valence-electron chi connectivity index (χ3n) is 5.26. The zero-order valence-electron chi connectivity index (χ0n) is 12.7. The molecule has 2 aliphatic carbocycles. The molecular formula is C17H36O2. The predicted molar refractivity (Wildman–Crippen MR) is 83.2 cm³/mol. The number of rotatable bonds is 0. The van der Waals surface area contributed by atoms with Gasteiger partial charge < -0.3 is 10.2 Å². The molecule has 2 saturated carbocycles. The smallest absolute Gasteiger partial charge is 0.0645 e. The molecule has 0 bridgehead atoms. The lowest BCUT2D eigenvalue weighted by molar-refractivity contribution is -0.0242. The van der Waals surface area contributed by atoms with Crippen molar-refractivity contribution in [1.82, 2.24) is 0 Å². The Morgan fingerprint density at radius 1 is 0.737 bits per heavy atom. The van der Waals surface area contributed by atoms with E-state index in [-0.39, 0.29) is 18.6 Å². The second-order valence-electron chi connectivity index (χ2n) is 7.01. The molecule has 0 aromatic carbocycles. The van der Waals surface area contributed by atoms with Crippen molar-refractivity contribution in [2.24, 2.45) is 11.8 Å². The maximum Gasteiger partial charge on any atom is 0.0645 e. The van der Waals surface area contributed by atoms with Crippen LogP contribution in [0.25, 0.3) is 0 Å². The fourth-order valence-electron chi connectivity index (χ4n) is 2.98. The van der Waals surface area contributed by atoms with Crippen molar-refractivity contribution in [3.05, 3.63) is 0 Å². The molecule has 4 unspecified atom stereocenters. The van der Waals surface area contributed by atoms with Gasteiger partial charge in [-0.05, 0) is 51.4 Å². The maximum atomic E-state index is 9.64. The minimum Gasteiger partial charge on any atom is -0.390 e. The van der Waals surface area contributed by atoms with Gasteiger partial charge in [0, 0.05) is 0 Å². The molecule has 0 aromatic heterocycles. The fourth-order valence-corrected chi connectivity index (χ4v) is 2.98. The van der Waals surface area contributed by atoms with E-state index < -0.39 is 0 Å².